The van der Waals surface area contributed by atoms with Gasteiger partial charge in [0, 0.05) is 29.2 Å². The fraction of sp³-hybridized carbons (Fsp3) is 0.385. The van der Waals surface area contributed by atoms with Crippen molar-refractivity contribution in [3.8, 4) is 0 Å². The lowest BCUT2D eigenvalue weighted by Gasteiger charge is -2.04. The normalized spacial score (nSPS) is 13.6. The average Bonchev–Trinajstić information content (AvgIpc) is 2.91. The second-order valence-corrected chi connectivity index (χ2v) is 5.78. The topological polar surface area (TPSA) is 46.9 Å². The Hall–Kier alpha value is -1.62. The largest absolute Gasteiger partial charge is 0.361 e. The lowest BCUT2D eigenvalue weighted by Crippen LogP contribution is -2.21. The molecule has 1 aliphatic carbocycles. The Kier molecular flexibility index (Phi) is 2.91. The first-order valence-electron chi connectivity index (χ1n) is 6.10. The molecule has 94 valence electrons. The van der Waals surface area contributed by atoms with Crippen molar-refractivity contribution in [2.24, 2.45) is 7.05 Å². The van der Waals surface area contributed by atoms with Gasteiger partial charge in [0.15, 0.2) is 5.82 Å². The zero-order valence-corrected chi connectivity index (χ0v) is 11.1. The zero-order valence-electron chi connectivity index (χ0n) is 10.3. The maximum Gasteiger partial charge on any atom is 0.293 e. The van der Waals surface area contributed by atoms with Crippen molar-refractivity contribution in [3.05, 3.63) is 44.1 Å². The van der Waals surface area contributed by atoms with Crippen LogP contribution in [0.3, 0.4) is 0 Å². The van der Waals surface area contributed by atoms with Gasteiger partial charge in [0.25, 0.3) is 5.56 Å². The molecule has 5 heteroatoms. The van der Waals surface area contributed by atoms with Crippen LogP contribution in [0.1, 0.15) is 21.7 Å². The first-order valence-corrected chi connectivity index (χ1v) is 6.91. The van der Waals surface area contributed by atoms with Crippen LogP contribution in [-0.2, 0) is 26.4 Å². The quantitative estimate of drug-likeness (QED) is 0.918. The minimum absolute atomic E-state index is 0.0819. The summed E-state index contributed by atoms with van der Waals surface area (Å²) in [5, 5.41) is 3.12. The van der Waals surface area contributed by atoms with Crippen molar-refractivity contribution >= 4 is 17.2 Å². The number of fused-ring (bicyclic) bond motifs is 1. The summed E-state index contributed by atoms with van der Waals surface area (Å²) in [6, 6.07) is 2.26. The Morgan fingerprint density at radius 3 is 3.22 bits per heavy atom. The molecule has 1 aliphatic rings. The molecule has 0 aromatic carbocycles. The summed E-state index contributed by atoms with van der Waals surface area (Å²) in [6.45, 7) is 0.684. The Bertz CT molecular complexity index is 608. The fourth-order valence-electron chi connectivity index (χ4n) is 2.27. The van der Waals surface area contributed by atoms with Crippen LogP contribution in [0.25, 0.3) is 0 Å². The summed E-state index contributed by atoms with van der Waals surface area (Å²) >= 11 is 1.85. The third-order valence-corrected chi connectivity index (χ3v) is 4.48. The predicted molar refractivity (Wildman–Crippen MR) is 73.1 cm³/mol. The molecule has 2 aromatic rings. The molecule has 0 amide bonds. The lowest BCUT2D eigenvalue weighted by atomic mass is 10.2. The molecule has 4 nitrogen and oxygen atoms in total. The van der Waals surface area contributed by atoms with Gasteiger partial charge < -0.3 is 9.88 Å². The molecule has 0 radical (unpaired) electrons. The third kappa shape index (κ3) is 2.06. The van der Waals surface area contributed by atoms with E-state index in [1.807, 2.05) is 11.3 Å². The van der Waals surface area contributed by atoms with Crippen molar-refractivity contribution in [2.75, 3.05) is 5.32 Å². The molecule has 0 bridgehead atoms. The summed E-state index contributed by atoms with van der Waals surface area (Å²) in [4.78, 5) is 18.6. The standard InChI is InChI=1S/C13H15N3OS/c1-16-6-5-14-12(13(16)17)15-8-10-7-9-3-2-4-11(9)18-10/h5-7H,2-4,8H2,1H3,(H,14,15). The molecule has 0 saturated carbocycles. The Labute approximate surface area is 109 Å². The van der Waals surface area contributed by atoms with Gasteiger partial charge >= 0.3 is 0 Å². The molecule has 0 saturated heterocycles. The van der Waals surface area contributed by atoms with Crippen molar-refractivity contribution in [3.63, 3.8) is 0 Å². The van der Waals surface area contributed by atoms with E-state index in [2.05, 4.69) is 16.4 Å². The minimum atomic E-state index is -0.0819. The molecule has 3 rings (SSSR count). The van der Waals surface area contributed by atoms with Crippen molar-refractivity contribution in [1.29, 1.82) is 0 Å². The van der Waals surface area contributed by atoms with Gasteiger partial charge in [0.05, 0.1) is 6.54 Å². The fourth-order valence-corrected chi connectivity index (χ4v) is 3.47. The minimum Gasteiger partial charge on any atom is -0.361 e. The average molecular weight is 261 g/mol. The van der Waals surface area contributed by atoms with Crippen LogP contribution >= 0.6 is 11.3 Å². The highest BCUT2D eigenvalue weighted by Crippen LogP contribution is 2.30. The number of nitrogens with one attached hydrogen (secondary N) is 1. The molecule has 0 aliphatic heterocycles. The molecular weight excluding hydrogens is 246 g/mol. The van der Waals surface area contributed by atoms with E-state index in [-0.39, 0.29) is 5.56 Å². The van der Waals surface area contributed by atoms with Crippen LogP contribution in [0, 0.1) is 0 Å². The summed E-state index contributed by atoms with van der Waals surface area (Å²) in [5.74, 6) is 0.425. The van der Waals surface area contributed by atoms with Crippen LogP contribution < -0.4 is 10.9 Å². The van der Waals surface area contributed by atoms with E-state index >= 15 is 0 Å². The van der Waals surface area contributed by atoms with E-state index in [4.69, 9.17) is 0 Å². The Balaban J connectivity index is 1.74. The Morgan fingerprint density at radius 1 is 1.50 bits per heavy atom. The van der Waals surface area contributed by atoms with Crippen LogP contribution in [0.5, 0.6) is 0 Å². The second kappa shape index (κ2) is 4.57. The van der Waals surface area contributed by atoms with Crippen LogP contribution in [0.2, 0.25) is 0 Å². The van der Waals surface area contributed by atoms with Gasteiger partial charge in [-0.1, -0.05) is 0 Å². The molecule has 0 unspecified atom stereocenters. The number of aryl methyl sites for hydroxylation is 3. The van der Waals surface area contributed by atoms with Gasteiger partial charge in [0.1, 0.15) is 0 Å². The number of anilines is 1. The summed E-state index contributed by atoms with van der Waals surface area (Å²) in [5.41, 5.74) is 1.41. The van der Waals surface area contributed by atoms with Gasteiger partial charge in [0.2, 0.25) is 0 Å². The van der Waals surface area contributed by atoms with E-state index in [1.54, 1.807) is 19.4 Å². The van der Waals surface area contributed by atoms with Gasteiger partial charge in [-0.3, -0.25) is 4.79 Å². The molecule has 2 aromatic heterocycles. The maximum absolute atomic E-state index is 11.8. The Morgan fingerprint density at radius 2 is 2.39 bits per heavy atom. The van der Waals surface area contributed by atoms with E-state index in [9.17, 15) is 4.79 Å². The number of hydrogen-bond donors (Lipinski definition) is 1. The van der Waals surface area contributed by atoms with Crippen molar-refractivity contribution in [2.45, 2.75) is 25.8 Å². The molecule has 0 fully saturated rings. The first kappa shape index (κ1) is 11.5. The van der Waals surface area contributed by atoms with E-state index in [1.165, 1.54) is 39.1 Å². The maximum atomic E-state index is 11.8. The van der Waals surface area contributed by atoms with Crippen molar-refractivity contribution in [1.82, 2.24) is 9.55 Å². The van der Waals surface area contributed by atoms with E-state index in [0.717, 1.165) is 0 Å². The molecule has 2 heterocycles. The van der Waals surface area contributed by atoms with E-state index in [0.29, 0.717) is 12.4 Å². The number of nitrogens with zero attached hydrogens (tertiary/aromatic N) is 2. The first-order chi connectivity index (χ1) is 8.74. The summed E-state index contributed by atoms with van der Waals surface area (Å²) in [7, 11) is 1.73. The SMILES string of the molecule is Cn1ccnc(NCc2cc3c(s2)CCC3)c1=O. The monoisotopic (exact) mass is 261 g/mol. The molecule has 0 atom stereocenters. The molecule has 1 N–H and O–H groups in total. The van der Waals surface area contributed by atoms with Gasteiger partial charge in [-0.05, 0) is 30.9 Å². The smallest absolute Gasteiger partial charge is 0.293 e. The molecule has 0 spiro atoms. The van der Waals surface area contributed by atoms with Crippen LogP contribution in [-0.4, -0.2) is 9.55 Å². The lowest BCUT2D eigenvalue weighted by molar-refractivity contribution is 0.839. The molecule has 18 heavy (non-hydrogen) atoms. The summed E-state index contributed by atoms with van der Waals surface area (Å²) < 4.78 is 1.53. The zero-order chi connectivity index (χ0) is 12.5. The van der Waals surface area contributed by atoms with Crippen LogP contribution in [0.4, 0.5) is 5.82 Å². The highest BCUT2D eigenvalue weighted by molar-refractivity contribution is 7.12. The highest BCUT2D eigenvalue weighted by Gasteiger charge is 2.14. The predicted octanol–water partition coefficient (Wildman–Crippen LogP) is 1.94. The van der Waals surface area contributed by atoms with Crippen LogP contribution in [0.15, 0.2) is 23.3 Å². The number of thiophene rings is 1. The van der Waals surface area contributed by atoms with Gasteiger partial charge in [-0.2, -0.15) is 0 Å². The van der Waals surface area contributed by atoms with Gasteiger partial charge in [-0.15, -0.1) is 11.3 Å². The number of aromatic nitrogens is 2. The number of hydrogen-bond acceptors (Lipinski definition) is 4. The third-order valence-electron chi connectivity index (χ3n) is 3.24. The van der Waals surface area contributed by atoms with E-state index < -0.39 is 0 Å². The summed E-state index contributed by atoms with van der Waals surface area (Å²) in [6.07, 6.45) is 7.00. The van der Waals surface area contributed by atoms with Crippen molar-refractivity contribution < 1.29 is 0 Å². The molecular formula is C13H15N3OS. The highest BCUT2D eigenvalue weighted by atomic mass is 32.1. The van der Waals surface area contributed by atoms with Gasteiger partial charge in [-0.25, -0.2) is 4.98 Å². The number of rotatable bonds is 3. The second-order valence-electron chi connectivity index (χ2n) is 4.56.